The summed E-state index contributed by atoms with van der Waals surface area (Å²) in [7, 11) is 0. The lowest BCUT2D eigenvalue weighted by molar-refractivity contribution is -0.482. The van der Waals surface area contributed by atoms with Gasteiger partial charge in [0, 0.05) is 36.5 Å². The van der Waals surface area contributed by atoms with Crippen LogP contribution in [0.5, 0.6) is 0 Å². The Labute approximate surface area is 189 Å². The first kappa shape index (κ1) is 23.3. The van der Waals surface area contributed by atoms with Crippen molar-refractivity contribution in [1.29, 1.82) is 0 Å². The minimum Gasteiger partial charge on any atom is -0.626 e. The first-order valence-electron chi connectivity index (χ1n) is 11.5. The lowest BCUT2D eigenvalue weighted by atomic mass is 10.0. The summed E-state index contributed by atoms with van der Waals surface area (Å²) < 4.78 is 11.2. The van der Waals surface area contributed by atoms with E-state index in [4.69, 9.17) is 9.47 Å². The molecule has 0 spiro atoms. The number of fused-ring (bicyclic) bond motifs is 1. The number of nitrogens with zero attached hydrogens (tertiary/aromatic N) is 4. The number of nitroso groups, excluding NO2 is 1. The molecule has 32 heavy (non-hydrogen) atoms. The van der Waals surface area contributed by atoms with Gasteiger partial charge in [0.15, 0.2) is 18.4 Å². The summed E-state index contributed by atoms with van der Waals surface area (Å²) in [5, 5.41) is 14.1. The van der Waals surface area contributed by atoms with Crippen LogP contribution in [-0.4, -0.2) is 73.1 Å². The molecule has 3 aliphatic heterocycles. The van der Waals surface area contributed by atoms with Crippen LogP contribution in [-0.2, 0) is 14.3 Å². The van der Waals surface area contributed by atoms with Crippen LogP contribution in [0.4, 0.5) is 11.4 Å². The Morgan fingerprint density at radius 1 is 1.19 bits per heavy atom. The summed E-state index contributed by atoms with van der Waals surface area (Å²) in [5.74, 6) is -0.417. The smallest absolute Gasteiger partial charge is 0.433 e. The molecule has 3 heterocycles. The van der Waals surface area contributed by atoms with E-state index < -0.39 is 16.6 Å². The zero-order chi connectivity index (χ0) is 22.9. The molecule has 1 amide bonds. The molecule has 0 aromatic heterocycles. The molecule has 2 atom stereocenters. The van der Waals surface area contributed by atoms with Crippen molar-refractivity contribution in [2.45, 2.75) is 64.1 Å². The Balaban J connectivity index is 1.38. The summed E-state index contributed by atoms with van der Waals surface area (Å²) in [4.78, 5) is 28.1. The number of hydroxylamine groups is 2. The van der Waals surface area contributed by atoms with Gasteiger partial charge in [0.1, 0.15) is 19.2 Å². The number of hydrogen-bond donors (Lipinski definition) is 0. The maximum absolute atomic E-state index is 14.1. The molecule has 0 radical (unpaired) electrons. The Morgan fingerprint density at radius 3 is 2.59 bits per heavy atom. The normalized spacial score (nSPS) is 27.8. The molecule has 0 N–H and O–H groups in total. The number of hydrogen-bond acceptors (Lipinski definition) is 7. The Bertz CT molecular complexity index is 849. The summed E-state index contributed by atoms with van der Waals surface area (Å²) in [6, 6.07) is 7.58. The van der Waals surface area contributed by atoms with Gasteiger partial charge in [-0.15, -0.1) is 0 Å². The van der Waals surface area contributed by atoms with E-state index in [0.29, 0.717) is 30.3 Å². The number of likely N-dealkylation sites (tertiary alicyclic amines) is 1. The van der Waals surface area contributed by atoms with Gasteiger partial charge in [-0.25, -0.2) is 4.79 Å². The van der Waals surface area contributed by atoms with Crippen LogP contribution in [0.3, 0.4) is 0 Å². The zero-order valence-electron chi connectivity index (χ0n) is 19.4. The number of para-hydroxylation sites is 2. The van der Waals surface area contributed by atoms with Gasteiger partial charge in [-0.3, -0.25) is 4.90 Å². The van der Waals surface area contributed by atoms with E-state index in [0.717, 1.165) is 31.6 Å². The first-order valence-corrected chi connectivity index (χ1v) is 11.5. The van der Waals surface area contributed by atoms with Gasteiger partial charge in [-0.05, 0) is 39.7 Å². The van der Waals surface area contributed by atoms with E-state index in [1.807, 2.05) is 45.0 Å². The maximum atomic E-state index is 14.1. The fraction of sp³-hybridized carbons (Fsp3) is 0.696. The Kier molecular flexibility index (Phi) is 6.65. The van der Waals surface area contributed by atoms with E-state index in [1.54, 1.807) is 0 Å². The van der Waals surface area contributed by atoms with Crippen molar-refractivity contribution in [2.24, 2.45) is 0 Å². The molecule has 9 nitrogen and oxygen atoms in total. The average molecular weight is 448 g/mol. The third-order valence-corrected chi connectivity index (χ3v) is 6.74. The first-order chi connectivity index (χ1) is 15.2. The minimum atomic E-state index is -0.546. The highest BCUT2D eigenvalue weighted by molar-refractivity contribution is 5.75. The summed E-state index contributed by atoms with van der Waals surface area (Å²) in [6.45, 7) is 8.88. The second kappa shape index (κ2) is 9.15. The number of anilines is 1. The molecule has 176 valence electrons. The van der Waals surface area contributed by atoms with E-state index in [-0.39, 0.29) is 31.4 Å². The number of carbonyl (C=O) groups is 1. The standard InChI is InChI=1S/C23H35N4O5/c1-23(2,3)32-17-31-16-24-12-10-18(11-13-24)25-15-27(30,21-7-5-4-6-20(21)25)19-8-9-22(28)26(29)14-19/h4-7,18-19H,8-17H2,1-3H3/q+1. The van der Waals surface area contributed by atoms with E-state index >= 15 is 0 Å². The van der Waals surface area contributed by atoms with E-state index in [1.165, 1.54) is 0 Å². The van der Waals surface area contributed by atoms with Crippen molar-refractivity contribution in [3.05, 3.63) is 34.4 Å². The fourth-order valence-corrected chi connectivity index (χ4v) is 4.91. The lowest BCUT2D eigenvalue weighted by Gasteiger charge is -2.45. The van der Waals surface area contributed by atoms with Gasteiger partial charge in [0.25, 0.3) is 6.54 Å². The molecule has 2 unspecified atom stereocenters. The molecular weight excluding hydrogens is 412 g/mol. The largest absolute Gasteiger partial charge is 0.626 e. The third-order valence-electron chi connectivity index (χ3n) is 6.74. The fourth-order valence-electron chi connectivity index (χ4n) is 4.91. The lowest BCUT2D eigenvalue weighted by Crippen LogP contribution is -2.59. The van der Waals surface area contributed by atoms with Crippen molar-refractivity contribution < 1.29 is 19.0 Å². The van der Waals surface area contributed by atoms with Crippen LogP contribution < -0.4 is 9.55 Å². The average Bonchev–Trinajstić information content (AvgIpc) is 3.07. The van der Waals surface area contributed by atoms with Crippen LogP contribution in [0.2, 0.25) is 0 Å². The van der Waals surface area contributed by atoms with Gasteiger partial charge in [0.05, 0.1) is 16.8 Å². The molecule has 9 heteroatoms. The van der Waals surface area contributed by atoms with Crippen LogP contribution in [0, 0.1) is 10.1 Å². The minimum absolute atomic E-state index is 0.0308. The number of piperidine rings is 2. The molecule has 1 aromatic carbocycles. The van der Waals surface area contributed by atoms with Crippen molar-refractivity contribution in [2.75, 3.05) is 44.7 Å². The van der Waals surface area contributed by atoms with Gasteiger partial charge in [-0.1, -0.05) is 12.1 Å². The topological polar surface area (TPSA) is 85.2 Å². The van der Waals surface area contributed by atoms with Crippen molar-refractivity contribution in [1.82, 2.24) is 9.55 Å². The summed E-state index contributed by atoms with van der Waals surface area (Å²) in [6.07, 6.45) is 2.48. The highest BCUT2D eigenvalue weighted by Crippen LogP contribution is 2.45. The van der Waals surface area contributed by atoms with Gasteiger partial charge >= 0.3 is 5.91 Å². The van der Waals surface area contributed by atoms with Crippen molar-refractivity contribution in [3.63, 3.8) is 0 Å². The molecule has 0 saturated carbocycles. The number of carbonyl (C=O) groups excluding carboxylic acids is 1. The predicted molar refractivity (Wildman–Crippen MR) is 122 cm³/mol. The number of benzene rings is 1. The van der Waals surface area contributed by atoms with E-state index in [2.05, 4.69) is 9.80 Å². The summed E-state index contributed by atoms with van der Waals surface area (Å²) >= 11 is 0. The molecule has 3 aliphatic rings. The highest BCUT2D eigenvalue weighted by atomic mass is 16.7. The second-order valence-corrected chi connectivity index (χ2v) is 10.1. The molecule has 4 rings (SSSR count). The Morgan fingerprint density at radius 2 is 1.91 bits per heavy atom. The molecular formula is C23H35N4O5+. The number of quaternary nitrogens is 1. The number of rotatable bonds is 6. The van der Waals surface area contributed by atoms with Crippen molar-refractivity contribution in [3.8, 4) is 0 Å². The van der Waals surface area contributed by atoms with Crippen LogP contribution >= 0.6 is 0 Å². The predicted octanol–water partition coefficient (Wildman–Crippen LogP) is 2.95. The van der Waals surface area contributed by atoms with Gasteiger partial charge < -0.3 is 24.2 Å². The molecule has 1 aromatic rings. The highest BCUT2D eigenvalue weighted by Gasteiger charge is 2.49. The second-order valence-electron chi connectivity index (χ2n) is 10.1. The van der Waals surface area contributed by atoms with Crippen molar-refractivity contribution >= 4 is 17.3 Å². The van der Waals surface area contributed by atoms with E-state index in [9.17, 15) is 14.9 Å². The number of ether oxygens (including phenoxy) is 2. The van der Waals surface area contributed by atoms with Gasteiger partial charge in [-0.2, -0.15) is 0 Å². The number of amides is 1. The molecule has 2 fully saturated rings. The third kappa shape index (κ3) is 4.87. The van der Waals surface area contributed by atoms with Crippen LogP contribution in [0.1, 0.15) is 46.5 Å². The monoisotopic (exact) mass is 447 g/mol. The Hall–Kier alpha value is -1.91. The quantitative estimate of drug-likeness (QED) is 0.218. The zero-order valence-corrected chi connectivity index (χ0v) is 19.4. The molecule has 0 bridgehead atoms. The van der Waals surface area contributed by atoms with Gasteiger partial charge in [0.2, 0.25) is 0 Å². The van der Waals surface area contributed by atoms with Crippen LogP contribution in [0.15, 0.2) is 24.3 Å². The SMILES string of the molecule is CC(C)(C)OCOCN1CCC(N2C[N+]([O-])(C3CCC(=O)[N+](=O)C3)c3ccccc32)CC1. The van der Waals surface area contributed by atoms with Crippen LogP contribution in [0.25, 0.3) is 0 Å². The summed E-state index contributed by atoms with van der Waals surface area (Å²) in [5.41, 5.74) is 1.46. The maximum Gasteiger partial charge on any atom is 0.433 e. The molecule has 0 aliphatic carbocycles. The molecule has 2 saturated heterocycles.